The number of ether oxygens (including phenoxy) is 3. The lowest BCUT2D eigenvalue weighted by atomic mass is 10.0. The molecule has 5 rings (SSSR count). The van der Waals surface area contributed by atoms with Gasteiger partial charge in [-0.1, -0.05) is 25.1 Å². The summed E-state index contributed by atoms with van der Waals surface area (Å²) in [5.41, 5.74) is 4.40. The standard InChI is InChI=1S/C28H32N6O5/c1-5-22(27-30-31-32-34(27)15-25(35)37-6-2)33(13-19-9-10-23-24(11-19)39-16-38-23)14-20-12-21-17(3)7-8-18(4)26(21)29-28(20)36/h7-12,22H,5-6,13-16H2,1-4H3,(H,29,36). The number of fused-ring (bicyclic) bond motifs is 2. The SMILES string of the molecule is CCOC(=O)Cn1nnnc1C(CC)N(Cc1ccc2c(c1)OCO2)Cc1cc2c(C)ccc(C)c2[nH]c1=O. The molecule has 0 amide bonds. The lowest BCUT2D eigenvalue weighted by Crippen LogP contribution is -2.33. The lowest BCUT2D eigenvalue weighted by molar-refractivity contribution is -0.144. The van der Waals surface area contributed by atoms with Gasteiger partial charge in [-0.05, 0) is 72.5 Å². The number of tetrazole rings is 1. The van der Waals surface area contributed by atoms with E-state index in [1.165, 1.54) is 4.68 Å². The molecule has 0 saturated carbocycles. The molecule has 4 aromatic rings. The van der Waals surface area contributed by atoms with Gasteiger partial charge < -0.3 is 19.2 Å². The van der Waals surface area contributed by atoms with Gasteiger partial charge in [-0.2, -0.15) is 0 Å². The molecule has 0 bridgehead atoms. The van der Waals surface area contributed by atoms with Crippen molar-refractivity contribution in [3.8, 4) is 11.5 Å². The van der Waals surface area contributed by atoms with E-state index in [1.54, 1.807) is 6.92 Å². The van der Waals surface area contributed by atoms with Crippen LogP contribution in [0.4, 0.5) is 0 Å². The van der Waals surface area contributed by atoms with Crippen LogP contribution in [0.1, 0.15) is 54.4 Å². The van der Waals surface area contributed by atoms with Crippen LogP contribution >= 0.6 is 0 Å². The molecule has 1 unspecified atom stereocenters. The fourth-order valence-corrected chi connectivity index (χ4v) is 5.00. The van der Waals surface area contributed by atoms with E-state index in [-0.39, 0.29) is 31.5 Å². The number of nitrogens with one attached hydrogen (secondary N) is 1. The maximum absolute atomic E-state index is 13.3. The molecule has 11 heteroatoms. The fourth-order valence-electron chi connectivity index (χ4n) is 5.00. The molecule has 1 aliphatic rings. The second-order valence-corrected chi connectivity index (χ2v) is 9.63. The highest BCUT2D eigenvalue weighted by Gasteiger charge is 2.27. The third-order valence-corrected chi connectivity index (χ3v) is 6.99. The quantitative estimate of drug-likeness (QED) is 0.305. The minimum absolute atomic E-state index is 0.0977. The smallest absolute Gasteiger partial charge is 0.327 e. The Labute approximate surface area is 225 Å². The first-order valence-corrected chi connectivity index (χ1v) is 13.0. The van der Waals surface area contributed by atoms with Gasteiger partial charge in [0.1, 0.15) is 6.54 Å². The van der Waals surface area contributed by atoms with Gasteiger partial charge in [-0.3, -0.25) is 14.5 Å². The van der Waals surface area contributed by atoms with Gasteiger partial charge in [0.15, 0.2) is 17.3 Å². The highest BCUT2D eigenvalue weighted by Crippen LogP contribution is 2.34. The van der Waals surface area contributed by atoms with Crippen LogP contribution in [0, 0.1) is 13.8 Å². The summed E-state index contributed by atoms with van der Waals surface area (Å²) < 4.78 is 17.7. The molecule has 2 aromatic carbocycles. The number of hydrogen-bond acceptors (Lipinski definition) is 9. The van der Waals surface area contributed by atoms with Crippen molar-refractivity contribution in [2.45, 2.75) is 59.8 Å². The van der Waals surface area contributed by atoms with Crippen molar-refractivity contribution in [2.75, 3.05) is 13.4 Å². The minimum Gasteiger partial charge on any atom is -0.465 e. The van der Waals surface area contributed by atoms with Gasteiger partial charge >= 0.3 is 5.97 Å². The zero-order valence-corrected chi connectivity index (χ0v) is 22.6. The Kier molecular flexibility index (Phi) is 7.60. The van der Waals surface area contributed by atoms with Crippen LogP contribution in [0.5, 0.6) is 11.5 Å². The molecule has 3 heterocycles. The zero-order chi connectivity index (χ0) is 27.5. The minimum atomic E-state index is -0.417. The van der Waals surface area contributed by atoms with E-state index in [9.17, 15) is 9.59 Å². The molecule has 39 heavy (non-hydrogen) atoms. The molecule has 0 saturated heterocycles. The summed E-state index contributed by atoms with van der Waals surface area (Å²) >= 11 is 0. The maximum Gasteiger partial charge on any atom is 0.327 e. The van der Waals surface area contributed by atoms with Crippen molar-refractivity contribution < 1.29 is 19.0 Å². The summed E-state index contributed by atoms with van der Waals surface area (Å²) in [6.45, 7) is 8.97. The number of H-pyrrole nitrogens is 1. The van der Waals surface area contributed by atoms with Crippen molar-refractivity contribution in [3.05, 3.63) is 74.8 Å². The number of pyridine rings is 1. The predicted octanol–water partition coefficient (Wildman–Crippen LogP) is 3.58. The van der Waals surface area contributed by atoms with E-state index in [1.807, 2.05) is 51.1 Å². The third kappa shape index (κ3) is 5.49. The second kappa shape index (κ2) is 11.2. The second-order valence-electron chi connectivity index (χ2n) is 9.63. The summed E-state index contributed by atoms with van der Waals surface area (Å²) in [6.07, 6.45) is 0.636. The number of nitrogens with zero attached hydrogens (tertiary/aromatic N) is 5. The summed E-state index contributed by atoms with van der Waals surface area (Å²) in [4.78, 5) is 30.8. The summed E-state index contributed by atoms with van der Waals surface area (Å²) in [5.74, 6) is 1.49. The molecule has 11 nitrogen and oxygen atoms in total. The predicted molar refractivity (Wildman–Crippen MR) is 143 cm³/mol. The average molecular weight is 533 g/mol. The summed E-state index contributed by atoms with van der Waals surface area (Å²) in [7, 11) is 0. The Morgan fingerprint density at radius 1 is 1.10 bits per heavy atom. The Hall–Kier alpha value is -4.25. The van der Waals surface area contributed by atoms with Gasteiger partial charge in [0, 0.05) is 24.0 Å². The van der Waals surface area contributed by atoms with Gasteiger partial charge in [0.25, 0.3) is 5.56 Å². The molecule has 1 atom stereocenters. The van der Waals surface area contributed by atoms with E-state index in [0.717, 1.165) is 27.6 Å². The molecule has 204 valence electrons. The largest absolute Gasteiger partial charge is 0.465 e. The monoisotopic (exact) mass is 532 g/mol. The van der Waals surface area contributed by atoms with Gasteiger partial charge in [-0.15, -0.1) is 5.10 Å². The molecule has 2 aromatic heterocycles. The maximum atomic E-state index is 13.3. The first-order chi connectivity index (χ1) is 18.9. The lowest BCUT2D eigenvalue weighted by Gasteiger charge is -2.30. The number of rotatable bonds is 10. The molecular weight excluding hydrogens is 500 g/mol. The Morgan fingerprint density at radius 3 is 2.69 bits per heavy atom. The van der Waals surface area contributed by atoms with Crippen LogP contribution in [0.3, 0.4) is 0 Å². The number of aryl methyl sites for hydroxylation is 2. The summed E-state index contributed by atoms with van der Waals surface area (Å²) in [6, 6.07) is 11.6. The topological polar surface area (TPSA) is 124 Å². The Bertz CT molecular complexity index is 1560. The van der Waals surface area contributed by atoms with E-state index < -0.39 is 5.97 Å². The van der Waals surface area contributed by atoms with Crippen molar-refractivity contribution >= 4 is 16.9 Å². The van der Waals surface area contributed by atoms with Crippen molar-refractivity contribution in [1.29, 1.82) is 0 Å². The first-order valence-electron chi connectivity index (χ1n) is 13.0. The number of carbonyl (C=O) groups is 1. The van der Waals surface area contributed by atoms with E-state index in [0.29, 0.717) is 42.4 Å². The van der Waals surface area contributed by atoms with E-state index >= 15 is 0 Å². The molecule has 1 aliphatic heterocycles. The highest BCUT2D eigenvalue weighted by molar-refractivity contribution is 5.85. The molecule has 0 radical (unpaired) electrons. The molecule has 0 aliphatic carbocycles. The van der Waals surface area contributed by atoms with Gasteiger partial charge in [0.2, 0.25) is 6.79 Å². The third-order valence-electron chi connectivity index (χ3n) is 6.99. The van der Waals surface area contributed by atoms with Gasteiger partial charge in [-0.25, -0.2) is 4.68 Å². The number of aromatic amines is 1. The van der Waals surface area contributed by atoms with Gasteiger partial charge in [0.05, 0.1) is 18.2 Å². The molecule has 0 fully saturated rings. The number of carbonyl (C=O) groups excluding carboxylic acids is 1. The zero-order valence-electron chi connectivity index (χ0n) is 22.6. The van der Waals surface area contributed by atoms with E-state index in [2.05, 4.69) is 31.5 Å². The molecule has 1 N–H and O–H groups in total. The van der Waals surface area contributed by atoms with E-state index in [4.69, 9.17) is 14.2 Å². The average Bonchev–Trinajstić information content (AvgIpc) is 3.57. The molecular formula is C28H32N6O5. The van der Waals surface area contributed by atoms with Crippen LogP contribution < -0.4 is 15.0 Å². The summed E-state index contributed by atoms with van der Waals surface area (Å²) in [5, 5.41) is 13.2. The highest BCUT2D eigenvalue weighted by atomic mass is 16.7. The Morgan fingerprint density at radius 2 is 1.90 bits per heavy atom. The van der Waals surface area contributed by atoms with Crippen molar-refractivity contribution in [1.82, 2.24) is 30.1 Å². The number of hydrogen-bond donors (Lipinski definition) is 1. The van der Waals surface area contributed by atoms with Crippen LogP contribution in [0.2, 0.25) is 0 Å². The normalized spacial score (nSPS) is 13.3. The first kappa shape index (κ1) is 26.4. The van der Waals surface area contributed by atoms with Crippen LogP contribution in [-0.4, -0.2) is 49.5 Å². The number of esters is 1. The van der Waals surface area contributed by atoms with Crippen LogP contribution in [0.15, 0.2) is 41.2 Å². The van der Waals surface area contributed by atoms with Crippen LogP contribution in [-0.2, 0) is 29.2 Å². The van der Waals surface area contributed by atoms with Crippen molar-refractivity contribution in [2.24, 2.45) is 0 Å². The van der Waals surface area contributed by atoms with Crippen LogP contribution in [0.25, 0.3) is 10.9 Å². The molecule has 0 spiro atoms. The Balaban J connectivity index is 1.54. The number of benzene rings is 2. The van der Waals surface area contributed by atoms with Crippen molar-refractivity contribution in [3.63, 3.8) is 0 Å². The number of aromatic nitrogens is 5. The fraction of sp³-hybridized carbons (Fsp3) is 0.393.